The van der Waals surface area contributed by atoms with Gasteiger partial charge in [0.15, 0.2) is 0 Å². The van der Waals surface area contributed by atoms with E-state index in [-0.39, 0.29) is 6.61 Å². The number of benzene rings is 2. The number of rotatable bonds is 6. The first-order valence-corrected chi connectivity index (χ1v) is 8.01. The highest BCUT2D eigenvalue weighted by molar-refractivity contribution is 5.84. The van der Waals surface area contributed by atoms with Gasteiger partial charge in [0.05, 0.1) is 0 Å². The number of fused-ring (bicyclic) bond motifs is 1. The molecule has 0 fully saturated rings. The molecule has 0 amide bonds. The van der Waals surface area contributed by atoms with Gasteiger partial charge in [-0.05, 0) is 49.4 Å². The quantitative estimate of drug-likeness (QED) is 0.726. The molecule has 0 spiro atoms. The van der Waals surface area contributed by atoms with Crippen molar-refractivity contribution >= 4 is 10.9 Å². The van der Waals surface area contributed by atoms with E-state index >= 15 is 0 Å². The summed E-state index contributed by atoms with van der Waals surface area (Å²) in [5.41, 5.74) is 5.31. The van der Waals surface area contributed by atoms with Crippen molar-refractivity contribution in [1.29, 1.82) is 0 Å². The summed E-state index contributed by atoms with van der Waals surface area (Å²) in [6.07, 6.45) is 5.07. The van der Waals surface area contributed by atoms with E-state index in [0.29, 0.717) is 0 Å². The molecule has 22 heavy (non-hydrogen) atoms. The largest absolute Gasteiger partial charge is 0.396 e. The van der Waals surface area contributed by atoms with Gasteiger partial charge in [-0.2, -0.15) is 0 Å². The van der Waals surface area contributed by atoms with Crippen molar-refractivity contribution in [2.45, 2.75) is 32.7 Å². The second kappa shape index (κ2) is 6.80. The number of aromatic nitrogens is 1. The summed E-state index contributed by atoms with van der Waals surface area (Å²) in [4.78, 5) is 0. The first-order valence-electron chi connectivity index (χ1n) is 8.01. The van der Waals surface area contributed by atoms with Crippen LogP contribution < -0.4 is 0 Å². The first-order chi connectivity index (χ1) is 10.8. The van der Waals surface area contributed by atoms with Crippen molar-refractivity contribution in [3.63, 3.8) is 0 Å². The Labute approximate surface area is 132 Å². The van der Waals surface area contributed by atoms with Gasteiger partial charge in [-0.3, -0.25) is 0 Å². The molecular weight excluding hydrogens is 270 g/mol. The average molecular weight is 293 g/mol. The van der Waals surface area contributed by atoms with Gasteiger partial charge in [-0.15, -0.1) is 0 Å². The molecule has 2 heteroatoms. The summed E-state index contributed by atoms with van der Waals surface area (Å²) in [6.45, 7) is 3.38. The third-order valence-electron chi connectivity index (χ3n) is 4.21. The van der Waals surface area contributed by atoms with E-state index in [4.69, 9.17) is 5.11 Å². The van der Waals surface area contributed by atoms with Crippen LogP contribution in [0.3, 0.4) is 0 Å². The van der Waals surface area contributed by atoms with Gasteiger partial charge in [-0.25, -0.2) is 0 Å². The summed E-state index contributed by atoms with van der Waals surface area (Å²) in [7, 11) is 0. The molecule has 114 valence electrons. The Morgan fingerprint density at radius 2 is 1.82 bits per heavy atom. The molecule has 0 bridgehead atoms. The lowest BCUT2D eigenvalue weighted by Crippen LogP contribution is -1.99. The van der Waals surface area contributed by atoms with Crippen LogP contribution in [0.1, 0.15) is 23.1 Å². The number of aliphatic hydroxyl groups excluding tert-OH is 1. The number of aryl methyl sites for hydroxylation is 4. The van der Waals surface area contributed by atoms with E-state index < -0.39 is 0 Å². The third-order valence-corrected chi connectivity index (χ3v) is 4.21. The molecule has 0 radical (unpaired) electrons. The molecule has 0 atom stereocenters. The molecule has 1 heterocycles. The maximum atomic E-state index is 9.11. The van der Waals surface area contributed by atoms with Gasteiger partial charge in [0.25, 0.3) is 0 Å². The molecule has 2 aromatic carbocycles. The number of aliphatic hydroxyl groups is 1. The van der Waals surface area contributed by atoms with Crippen molar-refractivity contribution in [1.82, 2.24) is 4.57 Å². The maximum Gasteiger partial charge on any atom is 0.0483 e. The van der Waals surface area contributed by atoms with Crippen LogP contribution in [0.2, 0.25) is 0 Å². The Hall–Kier alpha value is -2.06. The standard InChI is InChI=1S/C20H23NO/c1-16-9-10-20-19(14-16)18(8-5-13-22)15-21(20)12-11-17-6-3-2-4-7-17/h2-4,6-7,9-10,14-15,22H,5,8,11-13H2,1H3. The highest BCUT2D eigenvalue weighted by atomic mass is 16.2. The van der Waals surface area contributed by atoms with Crippen LogP contribution in [0.5, 0.6) is 0 Å². The van der Waals surface area contributed by atoms with E-state index in [1.165, 1.54) is 27.6 Å². The third kappa shape index (κ3) is 3.23. The Morgan fingerprint density at radius 1 is 1.00 bits per heavy atom. The fourth-order valence-electron chi connectivity index (χ4n) is 3.03. The molecule has 0 aliphatic carbocycles. The normalized spacial score (nSPS) is 11.2. The van der Waals surface area contributed by atoms with E-state index in [9.17, 15) is 0 Å². The number of hydrogen-bond donors (Lipinski definition) is 1. The smallest absolute Gasteiger partial charge is 0.0483 e. The van der Waals surface area contributed by atoms with Crippen LogP contribution >= 0.6 is 0 Å². The zero-order chi connectivity index (χ0) is 15.4. The second-order valence-corrected chi connectivity index (χ2v) is 5.93. The van der Waals surface area contributed by atoms with Crippen LogP contribution in [0.25, 0.3) is 10.9 Å². The first kappa shape index (κ1) is 14.9. The lowest BCUT2D eigenvalue weighted by atomic mass is 10.1. The van der Waals surface area contributed by atoms with Crippen LogP contribution in [0, 0.1) is 6.92 Å². The Balaban J connectivity index is 1.88. The molecule has 0 aliphatic heterocycles. The average Bonchev–Trinajstić information content (AvgIpc) is 2.89. The fourth-order valence-corrected chi connectivity index (χ4v) is 3.03. The minimum Gasteiger partial charge on any atom is -0.396 e. The number of nitrogens with zero attached hydrogens (tertiary/aromatic N) is 1. The molecular formula is C20H23NO. The zero-order valence-corrected chi connectivity index (χ0v) is 13.1. The van der Waals surface area contributed by atoms with E-state index in [0.717, 1.165) is 25.8 Å². The molecule has 3 rings (SSSR count). The Bertz CT molecular complexity index is 743. The van der Waals surface area contributed by atoms with Crippen molar-refractivity contribution in [2.24, 2.45) is 0 Å². The minimum atomic E-state index is 0.252. The van der Waals surface area contributed by atoms with E-state index in [1.807, 2.05) is 0 Å². The zero-order valence-electron chi connectivity index (χ0n) is 13.1. The predicted molar refractivity (Wildman–Crippen MR) is 92.2 cm³/mol. The fraction of sp³-hybridized carbons (Fsp3) is 0.300. The van der Waals surface area contributed by atoms with Gasteiger partial charge in [0, 0.05) is 30.3 Å². The molecule has 0 aliphatic rings. The van der Waals surface area contributed by atoms with Gasteiger partial charge in [-0.1, -0.05) is 42.0 Å². The topological polar surface area (TPSA) is 25.2 Å². The summed E-state index contributed by atoms with van der Waals surface area (Å²) < 4.78 is 2.36. The van der Waals surface area contributed by atoms with Gasteiger partial charge in [0.2, 0.25) is 0 Å². The van der Waals surface area contributed by atoms with Crippen molar-refractivity contribution in [3.05, 3.63) is 71.4 Å². The molecule has 1 aromatic heterocycles. The van der Waals surface area contributed by atoms with Gasteiger partial charge in [0.1, 0.15) is 0 Å². The molecule has 3 aromatic rings. The molecule has 1 N–H and O–H groups in total. The molecule has 0 unspecified atom stereocenters. The maximum absolute atomic E-state index is 9.11. The monoisotopic (exact) mass is 293 g/mol. The molecule has 2 nitrogen and oxygen atoms in total. The predicted octanol–water partition coefficient (Wildman–Crippen LogP) is 4.12. The lowest BCUT2D eigenvalue weighted by Gasteiger charge is -2.06. The molecule has 0 saturated heterocycles. The van der Waals surface area contributed by atoms with Crippen LogP contribution in [0.4, 0.5) is 0 Å². The Morgan fingerprint density at radius 3 is 2.59 bits per heavy atom. The minimum absolute atomic E-state index is 0.252. The summed E-state index contributed by atoms with van der Waals surface area (Å²) in [5.74, 6) is 0. The lowest BCUT2D eigenvalue weighted by molar-refractivity contribution is 0.288. The highest BCUT2D eigenvalue weighted by Crippen LogP contribution is 2.24. The van der Waals surface area contributed by atoms with Crippen molar-refractivity contribution in [2.75, 3.05) is 6.61 Å². The molecule has 0 saturated carbocycles. The van der Waals surface area contributed by atoms with Crippen LogP contribution in [-0.2, 0) is 19.4 Å². The number of hydrogen-bond acceptors (Lipinski definition) is 1. The summed E-state index contributed by atoms with van der Waals surface area (Å²) >= 11 is 0. The SMILES string of the molecule is Cc1ccc2c(c1)c(CCCO)cn2CCc1ccccc1. The van der Waals surface area contributed by atoms with Gasteiger partial charge < -0.3 is 9.67 Å². The second-order valence-electron chi connectivity index (χ2n) is 5.93. The van der Waals surface area contributed by atoms with E-state index in [2.05, 4.69) is 66.2 Å². The highest BCUT2D eigenvalue weighted by Gasteiger charge is 2.08. The van der Waals surface area contributed by atoms with Crippen molar-refractivity contribution in [3.8, 4) is 0 Å². The van der Waals surface area contributed by atoms with Crippen LogP contribution in [-0.4, -0.2) is 16.3 Å². The summed E-state index contributed by atoms with van der Waals surface area (Å²) in [6, 6.07) is 17.3. The Kier molecular flexibility index (Phi) is 4.59. The van der Waals surface area contributed by atoms with Crippen molar-refractivity contribution < 1.29 is 5.11 Å². The van der Waals surface area contributed by atoms with E-state index in [1.54, 1.807) is 0 Å². The van der Waals surface area contributed by atoms with Crippen LogP contribution in [0.15, 0.2) is 54.7 Å². The van der Waals surface area contributed by atoms with Gasteiger partial charge >= 0.3 is 0 Å². The summed E-state index contributed by atoms with van der Waals surface area (Å²) in [5, 5.41) is 10.4.